The number of fused-ring (bicyclic) bond motifs is 2. The number of benzene rings is 1. The van der Waals surface area contributed by atoms with E-state index in [1.807, 2.05) is 12.2 Å². The summed E-state index contributed by atoms with van der Waals surface area (Å²) in [5.41, 5.74) is -2.17. The number of allylic oxidation sites excluding steroid dienone is 1. The number of nitrogens with zero attached hydrogens (tertiary/aromatic N) is 1. The quantitative estimate of drug-likeness (QED) is 0.296. The van der Waals surface area contributed by atoms with E-state index < -0.39 is 80.3 Å². The van der Waals surface area contributed by atoms with Crippen molar-refractivity contribution in [2.24, 2.45) is 5.92 Å². The molecule has 1 aromatic rings. The van der Waals surface area contributed by atoms with Gasteiger partial charge < -0.3 is 25.0 Å². The molecule has 3 N–H and O–H groups in total. The molecule has 0 aromatic heterocycles. The van der Waals surface area contributed by atoms with Crippen molar-refractivity contribution in [3.05, 3.63) is 47.0 Å². The van der Waals surface area contributed by atoms with Crippen molar-refractivity contribution < 1.29 is 41.9 Å². The summed E-state index contributed by atoms with van der Waals surface area (Å²) in [5.74, 6) is -3.26. The van der Waals surface area contributed by atoms with Gasteiger partial charge in [0.05, 0.1) is 17.4 Å². The average Bonchev–Trinajstić information content (AvgIpc) is 3.91. The monoisotopic (exact) mass is 706 g/mol. The second-order valence-corrected chi connectivity index (χ2v) is 16.4. The van der Waals surface area contributed by atoms with E-state index in [4.69, 9.17) is 21.1 Å². The number of ether oxygens (including phenoxy) is 2. The minimum absolute atomic E-state index is 0.0956. The van der Waals surface area contributed by atoms with Crippen molar-refractivity contribution in [3.63, 3.8) is 0 Å². The molecule has 4 amide bonds. The Hall–Kier alpha value is -3.65. The van der Waals surface area contributed by atoms with E-state index in [1.54, 1.807) is 32.9 Å². The molecule has 0 bridgehead atoms. The van der Waals surface area contributed by atoms with Crippen LogP contribution >= 0.6 is 11.6 Å². The van der Waals surface area contributed by atoms with Gasteiger partial charge in [0.1, 0.15) is 29.3 Å². The first kappa shape index (κ1) is 35.7. The lowest BCUT2D eigenvalue weighted by atomic mass is 10.0. The van der Waals surface area contributed by atoms with Crippen LogP contribution in [0.5, 0.6) is 0 Å². The molecule has 1 aromatic carbocycles. The van der Waals surface area contributed by atoms with Crippen molar-refractivity contribution >= 4 is 51.4 Å². The normalized spacial score (nSPS) is 28.8. The maximum atomic E-state index is 14.2. The molecular formula is C33H43ClN4O9S. The SMILES string of the molecule is CC(C)(C)OC(=O)N[C@@H]1CCCCC/C=C\C2CC2(C(=O)NS(=O)(=O)C2CC2)NC(=O)C2C[C@@H](OC(=O)c3cccc(Cl)c3)CN2C1=O. The lowest BCUT2D eigenvalue weighted by molar-refractivity contribution is -0.141. The second kappa shape index (κ2) is 14.1. The first-order valence-corrected chi connectivity index (χ1v) is 18.3. The van der Waals surface area contributed by atoms with Crippen LogP contribution in [0, 0.1) is 5.92 Å². The van der Waals surface area contributed by atoms with Crippen LogP contribution in [0.3, 0.4) is 0 Å². The van der Waals surface area contributed by atoms with Crippen LogP contribution in [0.15, 0.2) is 36.4 Å². The molecule has 5 atom stereocenters. The summed E-state index contributed by atoms with van der Waals surface area (Å²) >= 11 is 6.05. The molecule has 48 heavy (non-hydrogen) atoms. The summed E-state index contributed by atoms with van der Waals surface area (Å²) in [7, 11) is -3.90. The molecule has 13 nitrogen and oxygen atoms in total. The Balaban J connectivity index is 1.43. The lowest BCUT2D eigenvalue weighted by Gasteiger charge is -2.30. The first-order valence-electron chi connectivity index (χ1n) is 16.4. The molecular weight excluding hydrogens is 664 g/mol. The fraction of sp³-hybridized carbons (Fsp3) is 0.606. The topological polar surface area (TPSA) is 177 Å². The number of carbonyl (C=O) groups excluding carboxylic acids is 5. The zero-order valence-corrected chi connectivity index (χ0v) is 28.9. The van der Waals surface area contributed by atoms with Crippen molar-refractivity contribution in [2.45, 2.75) is 113 Å². The molecule has 2 aliphatic heterocycles. The second-order valence-electron chi connectivity index (χ2n) is 14.0. The third kappa shape index (κ3) is 8.68. The number of alkyl carbamates (subject to hydrolysis) is 1. The van der Waals surface area contributed by atoms with Crippen LogP contribution in [0.25, 0.3) is 0 Å². The number of carbonyl (C=O) groups is 5. The maximum Gasteiger partial charge on any atom is 0.408 e. The summed E-state index contributed by atoms with van der Waals surface area (Å²) < 4.78 is 38.7. The highest BCUT2D eigenvalue weighted by Gasteiger charge is 2.62. The van der Waals surface area contributed by atoms with E-state index in [1.165, 1.54) is 17.0 Å². The van der Waals surface area contributed by atoms with E-state index in [0.717, 1.165) is 12.8 Å². The predicted octanol–water partition coefficient (Wildman–Crippen LogP) is 3.36. The van der Waals surface area contributed by atoms with E-state index in [0.29, 0.717) is 30.7 Å². The zero-order valence-electron chi connectivity index (χ0n) is 27.3. The predicted molar refractivity (Wildman–Crippen MR) is 175 cm³/mol. The standard InChI is InChI=1S/C33H43ClN4O9S/c1-32(2,3)47-31(43)35-25-13-8-6-4-5-7-11-21-18-33(21,30(42)37-48(44,45)24-14-15-24)36-27(39)26-17-23(19-38(26)28(25)40)46-29(41)20-10-9-12-22(34)16-20/h7,9-12,16,21,23-26H,4-6,8,13-15,17-19H2,1-3H3,(H,35,43)(H,36,39)(H,37,42)/b11-7-/t21?,23-,25-,26?,33?/m1/s1. The number of halogens is 1. The highest BCUT2D eigenvalue weighted by molar-refractivity contribution is 7.91. The molecule has 5 rings (SSSR count). The number of nitrogens with one attached hydrogen (secondary N) is 3. The van der Waals surface area contributed by atoms with Gasteiger partial charge in [0, 0.05) is 17.4 Å². The Bertz CT molecular complexity index is 1590. The van der Waals surface area contributed by atoms with Crippen LogP contribution in [0.1, 0.15) is 88.9 Å². The molecule has 3 unspecified atom stereocenters. The van der Waals surface area contributed by atoms with Gasteiger partial charge in [-0.2, -0.15) is 0 Å². The van der Waals surface area contributed by atoms with Crippen LogP contribution in [-0.4, -0.2) is 84.2 Å². The van der Waals surface area contributed by atoms with Crippen LogP contribution in [0.4, 0.5) is 4.79 Å². The van der Waals surface area contributed by atoms with Gasteiger partial charge in [-0.3, -0.25) is 19.1 Å². The minimum Gasteiger partial charge on any atom is -0.457 e. The zero-order chi connectivity index (χ0) is 34.9. The first-order chi connectivity index (χ1) is 22.6. The Morgan fingerprint density at radius 1 is 1.08 bits per heavy atom. The van der Waals surface area contributed by atoms with Crippen molar-refractivity contribution in [1.82, 2.24) is 20.3 Å². The summed E-state index contributed by atoms with van der Waals surface area (Å²) in [6.45, 7) is 4.94. The van der Waals surface area contributed by atoms with Gasteiger partial charge in [0.2, 0.25) is 21.8 Å². The number of rotatable bonds is 6. The van der Waals surface area contributed by atoms with Gasteiger partial charge in [-0.15, -0.1) is 0 Å². The Labute approximate surface area is 285 Å². The van der Waals surface area contributed by atoms with Crippen molar-refractivity contribution in [1.29, 1.82) is 0 Å². The highest BCUT2D eigenvalue weighted by atomic mass is 35.5. The van der Waals surface area contributed by atoms with E-state index in [2.05, 4.69) is 15.4 Å². The molecule has 0 radical (unpaired) electrons. The molecule has 0 spiro atoms. The fourth-order valence-corrected chi connectivity index (χ4v) is 7.69. The summed E-state index contributed by atoms with van der Waals surface area (Å²) in [6.07, 6.45) is 6.07. The third-order valence-corrected chi connectivity index (χ3v) is 10.9. The largest absolute Gasteiger partial charge is 0.457 e. The van der Waals surface area contributed by atoms with Crippen LogP contribution in [-0.2, 0) is 33.9 Å². The molecule has 2 heterocycles. The van der Waals surface area contributed by atoms with Gasteiger partial charge in [-0.25, -0.2) is 18.0 Å². The van der Waals surface area contributed by atoms with Crippen LogP contribution < -0.4 is 15.4 Å². The van der Waals surface area contributed by atoms with Gasteiger partial charge >= 0.3 is 12.1 Å². The Kier molecular flexibility index (Phi) is 10.4. The van der Waals surface area contributed by atoms with Crippen molar-refractivity contribution in [3.8, 4) is 0 Å². The number of esters is 1. The molecule has 262 valence electrons. The van der Waals surface area contributed by atoms with Gasteiger partial charge in [0.25, 0.3) is 5.91 Å². The molecule has 2 saturated carbocycles. The fourth-order valence-electron chi connectivity index (χ4n) is 6.13. The third-order valence-electron chi connectivity index (χ3n) is 8.87. The average molecular weight is 707 g/mol. The van der Waals surface area contributed by atoms with E-state index >= 15 is 0 Å². The number of amides is 4. The minimum atomic E-state index is -3.90. The van der Waals surface area contributed by atoms with Gasteiger partial charge in [0.15, 0.2) is 0 Å². The van der Waals surface area contributed by atoms with Crippen LogP contribution in [0.2, 0.25) is 5.02 Å². The van der Waals surface area contributed by atoms with Crippen molar-refractivity contribution in [2.75, 3.05) is 6.54 Å². The molecule has 4 aliphatic rings. The van der Waals surface area contributed by atoms with E-state index in [-0.39, 0.29) is 31.4 Å². The summed E-state index contributed by atoms with van der Waals surface area (Å²) in [4.78, 5) is 68.9. The molecule has 1 saturated heterocycles. The molecule has 2 aliphatic carbocycles. The number of hydrogen-bond donors (Lipinski definition) is 3. The van der Waals surface area contributed by atoms with Gasteiger partial charge in [-0.05, 0) is 77.5 Å². The Morgan fingerprint density at radius 2 is 1.83 bits per heavy atom. The molecule has 15 heteroatoms. The molecule has 3 fully saturated rings. The van der Waals surface area contributed by atoms with Gasteiger partial charge in [-0.1, -0.05) is 42.7 Å². The Morgan fingerprint density at radius 3 is 2.52 bits per heavy atom. The lowest BCUT2D eigenvalue weighted by Crippen LogP contribution is -2.58. The van der Waals surface area contributed by atoms with E-state index in [9.17, 15) is 32.4 Å². The smallest absolute Gasteiger partial charge is 0.408 e. The maximum absolute atomic E-state index is 14.2. The highest BCUT2D eigenvalue weighted by Crippen LogP contribution is 2.46. The summed E-state index contributed by atoms with van der Waals surface area (Å²) in [5, 5.41) is 5.13. The number of hydrogen-bond acceptors (Lipinski definition) is 9. The summed E-state index contributed by atoms with van der Waals surface area (Å²) in [6, 6.07) is 3.92. The number of sulfonamides is 1.